The molecule has 104 valence electrons. The van der Waals surface area contributed by atoms with Gasteiger partial charge in [0, 0.05) is 11.4 Å². The lowest BCUT2D eigenvalue weighted by atomic mass is 10.1. The number of amides is 1. The smallest absolute Gasteiger partial charge is 0.243 e. The van der Waals surface area contributed by atoms with Gasteiger partial charge in [-0.05, 0) is 48.7 Å². The largest absolute Gasteiger partial charge is 0.376 e. The van der Waals surface area contributed by atoms with Crippen molar-refractivity contribution in [3.8, 4) is 0 Å². The molecule has 0 aliphatic rings. The summed E-state index contributed by atoms with van der Waals surface area (Å²) in [6, 6.07) is 15.9. The van der Waals surface area contributed by atoms with Crippen LogP contribution in [0.5, 0.6) is 0 Å². The van der Waals surface area contributed by atoms with Crippen LogP contribution in [0, 0.1) is 6.92 Å². The monoisotopic (exact) mass is 268 g/mol. The zero-order valence-electron chi connectivity index (χ0n) is 11.9. The van der Waals surface area contributed by atoms with Gasteiger partial charge >= 0.3 is 0 Å². The first-order valence-corrected chi connectivity index (χ1v) is 6.86. The Bertz CT molecular complexity index is 576. The molecule has 0 atom stereocenters. The molecule has 0 heterocycles. The summed E-state index contributed by atoms with van der Waals surface area (Å²) < 4.78 is 0. The maximum atomic E-state index is 11.8. The van der Waals surface area contributed by atoms with Gasteiger partial charge in [0.2, 0.25) is 5.91 Å². The summed E-state index contributed by atoms with van der Waals surface area (Å²) in [4.78, 5) is 11.8. The lowest BCUT2D eigenvalue weighted by Crippen LogP contribution is -2.21. The number of benzene rings is 2. The van der Waals surface area contributed by atoms with Gasteiger partial charge in [0.05, 0.1) is 6.54 Å². The Balaban J connectivity index is 1.85. The summed E-state index contributed by atoms with van der Waals surface area (Å²) in [5, 5.41) is 5.99. The van der Waals surface area contributed by atoms with Gasteiger partial charge < -0.3 is 10.6 Å². The third-order valence-electron chi connectivity index (χ3n) is 3.12. The van der Waals surface area contributed by atoms with Crippen LogP contribution in [0.3, 0.4) is 0 Å². The maximum absolute atomic E-state index is 11.8. The standard InChI is InChI=1S/C17H20N2O/c1-3-14-7-9-15(10-8-14)18-12-17(20)19-16-6-4-5-13(2)11-16/h4-11,18H,3,12H2,1-2H3,(H,19,20). The van der Waals surface area contributed by atoms with E-state index in [2.05, 4.69) is 29.7 Å². The molecule has 0 fully saturated rings. The highest BCUT2D eigenvalue weighted by Gasteiger charge is 2.02. The molecule has 0 aliphatic carbocycles. The van der Waals surface area contributed by atoms with Crippen molar-refractivity contribution in [3.63, 3.8) is 0 Å². The number of rotatable bonds is 5. The van der Waals surface area contributed by atoms with Crippen LogP contribution in [0.1, 0.15) is 18.1 Å². The Morgan fingerprint density at radius 2 is 1.80 bits per heavy atom. The van der Waals surface area contributed by atoms with Crippen molar-refractivity contribution in [1.29, 1.82) is 0 Å². The van der Waals surface area contributed by atoms with Gasteiger partial charge in [0.25, 0.3) is 0 Å². The van der Waals surface area contributed by atoms with Crippen LogP contribution in [0.2, 0.25) is 0 Å². The fourth-order valence-corrected chi connectivity index (χ4v) is 1.97. The molecule has 2 aromatic carbocycles. The van der Waals surface area contributed by atoms with E-state index in [-0.39, 0.29) is 12.5 Å². The molecular formula is C17H20N2O. The second-order valence-electron chi connectivity index (χ2n) is 4.82. The molecule has 3 heteroatoms. The van der Waals surface area contributed by atoms with Crippen LogP contribution in [-0.2, 0) is 11.2 Å². The third-order valence-corrected chi connectivity index (χ3v) is 3.12. The number of hydrogen-bond acceptors (Lipinski definition) is 2. The minimum absolute atomic E-state index is 0.0461. The highest BCUT2D eigenvalue weighted by atomic mass is 16.1. The lowest BCUT2D eigenvalue weighted by Gasteiger charge is -2.08. The molecule has 0 aliphatic heterocycles. The molecule has 0 bridgehead atoms. The molecule has 20 heavy (non-hydrogen) atoms. The predicted molar refractivity (Wildman–Crippen MR) is 84.1 cm³/mol. The highest BCUT2D eigenvalue weighted by molar-refractivity contribution is 5.93. The van der Waals surface area contributed by atoms with Crippen LogP contribution < -0.4 is 10.6 Å². The van der Waals surface area contributed by atoms with Gasteiger partial charge in [-0.1, -0.05) is 31.2 Å². The van der Waals surface area contributed by atoms with Gasteiger partial charge in [-0.2, -0.15) is 0 Å². The fourth-order valence-electron chi connectivity index (χ4n) is 1.97. The highest BCUT2D eigenvalue weighted by Crippen LogP contribution is 2.11. The van der Waals surface area contributed by atoms with Crippen LogP contribution in [0.15, 0.2) is 48.5 Å². The summed E-state index contributed by atoms with van der Waals surface area (Å²) in [5.41, 5.74) is 4.21. The Hall–Kier alpha value is -2.29. The molecule has 0 spiro atoms. The van der Waals surface area contributed by atoms with Crippen LogP contribution in [-0.4, -0.2) is 12.5 Å². The van der Waals surface area contributed by atoms with E-state index in [0.29, 0.717) is 0 Å². The van der Waals surface area contributed by atoms with Crippen LogP contribution in [0.4, 0.5) is 11.4 Å². The van der Waals surface area contributed by atoms with Gasteiger partial charge in [-0.3, -0.25) is 4.79 Å². The van der Waals surface area contributed by atoms with Gasteiger partial charge in [-0.15, -0.1) is 0 Å². The topological polar surface area (TPSA) is 41.1 Å². The van der Waals surface area contributed by atoms with Crippen molar-refractivity contribution in [2.75, 3.05) is 17.2 Å². The van der Waals surface area contributed by atoms with E-state index in [4.69, 9.17) is 0 Å². The Labute approximate surface area is 120 Å². The van der Waals surface area contributed by atoms with E-state index in [1.165, 1.54) is 5.56 Å². The first-order valence-electron chi connectivity index (χ1n) is 6.86. The SMILES string of the molecule is CCc1ccc(NCC(=O)Nc2cccc(C)c2)cc1. The van der Waals surface area contributed by atoms with Gasteiger partial charge in [0.1, 0.15) is 0 Å². The third kappa shape index (κ3) is 4.12. The van der Waals surface area contributed by atoms with Crippen molar-refractivity contribution >= 4 is 17.3 Å². The van der Waals surface area contributed by atoms with Crippen molar-refractivity contribution in [1.82, 2.24) is 0 Å². The molecule has 2 aromatic rings. The normalized spacial score (nSPS) is 10.1. The summed E-state index contributed by atoms with van der Waals surface area (Å²) in [6.07, 6.45) is 1.02. The van der Waals surface area contributed by atoms with E-state index >= 15 is 0 Å². The van der Waals surface area contributed by atoms with Crippen molar-refractivity contribution < 1.29 is 4.79 Å². The number of nitrogens with one attached hydrogen (secondary N) is 2. The number of carbonyl (C=O) groups is 1. The Morgan fingerprint density at radius 1 is 1.05 bits per heavy atom. The zero-order valence-corrected chi connectivity index (χ0v) is 11.9. The minimum Gasteiger partial charge on any atom is -0.376 e. The first-order chi connectivity index (χ1) is 9.67. The lowest BCUT2D eigenvalue weighted by molar-refractivity contribution is -0.114. The Morgan fingerprint density at radius 3 is 2.45 bits per heavy atom. The van der Waals surface area contributed by atoms with Crippen molar-refractivity contribution in [2.24, 2.45) is 0 Å². The summed E-state index contributed by atoms with van der Waals surface area (Å²) in [6.45, 7) is 4.39. The first kappa shape index (κ1) is 14.1. The second kappa shape index (κ2) is 6.75. The second-order valence-corrected chi connectivity index (χ2v) is 4.82. The molecule has 0 unspecified atom stereocenters. The molecule has 3 nitrogen and oxygen atoms in total. The molecule has 2 rings (SSSR count). The summed E-state index contributed by atoms with van der Waals surface area (Å²) in [5.74, 6) is -0.0461. The molecule has 0 radical (unpaired) electrons. The quantitative estimate of drug-likeness (QED) is 0.869. The van der Waals surface area contributed by atoms with E-state index in [9.17, 15) is 4.79 Å². The van der Waals surface area contributed by atoms with E-state index in [1.54, 1.807) is 0 Å². The molecular weight excluding hydrogens is 248 g/mol. The predicted octanol–water partition coefficient (Wildman–Crippen LogP) is 3.61. The van der Waals surface area contributed by atoms with Crippen molar-refractivity contribution in [3.05, 3.63) is 59.7 Å². The zero-order chi connectivity index (χ0) is 14.4. The van der Waals surface area contributed by atoms with Crippen LogP contribution >= 0.6 is 0 Å². The maximum Gasteiger partial charge on any atom is 0.243 e. The van der Waals surface area contributed by atoms with Crippen molar-refractivity contribution in [2.45, 2.75) is 20.3 Å². The van der Waals surface area contributed by atoms with Gasteiger partial charge in [0.15, 0.2) is 0 Å². The van der Waals surface area contributed by atoms with E-state index in [1.807, 2.05) is 43.3 Å². The Kier molecular flexibility index (Phi) is 4.77. The van der Waals surface area contributed by atoms with E-state index in [0.717, 1.165) is 23.4 Å². The van der Waals surface area contributed by atoms with Crippen LogP contribution in [0.25, 0.3) is 0 Å². The molecule has 0 saturated heterocycles. The molecule has 0 aromatic heterocycles. The number of hydrogen-bond donors (Lipinski definition) is 2. The number of carbonyl (C=O) groups excluding carboxylic acids is 1. The number of anilines is 2. The molecule has 2 N–H and O–H groups in total. The van der Waals surface area contributed by atoms with E-state index < -0.39 is 0 Å². The number of aryl methyl sites for hydroxylation is 2. The minimum atomic E-state index is -0.0461. The molecule has 1 amide bonds. The summed E-state index contributed by atoms with van der Waals surface area (Å²) >= 11 is 0. The average Bonchev–Trinajstić information content (AvgIpc) is 2.46. The van der Waals surface area contributed by atoms with Gasteiger partial charge in [-0.25, -0.2) is 0 Å². The molecule has 0 saturated carbocycles. The summed E-state index contributed by atoms with van der Waals surface area (Å²) in [7, 11) is 0. The fraction of sp³-hybridized carbons (Fsp3) is 0.235. The average molecular weight is 268 g/mol.